The molecule has 2 heterocycles. The number of fused-ring (bicyclic) bond motifs is 1. The van der Waals surface area contributed by atoms with Crippen molar-refractivity contribution in [3.63, 3.8) is 0 Å². The van der Waals surface area contributed by atoms with Gasteiger partial charge in [0.25, 0.3) is 5.91 Å². The van der Waals surface area contributed by atoms with Gasteiger partial charge in [-0.2, -0.15) is 0 Å². The van der Waals surface area contributed by atoms with E-state index >= 15 is 0 Å². The van der Waals surface area contributed by atoms with Crippen molar-refractivity contribution in [3.8, 4) is 5.75 Å². The van der Waals surface area contributed by atoms with Crippen LogP contribution in [0.1, 0.15) is 22.3 Å². The fourth-order valence-corrected chi connectivity index (χ4v) is 3.16. The summed E-state index contributed by atoms with van der Waals surface area (Å²) in [5.74, 6) is -0.563. The number of methoxy groups -OCH3 is 1. The van der Waals surface area contributed by atoms with Gasteiger partial charge in [0, 0.05) is 7.11 Å². The molecule has 0 saturated carbocycles. The Morgan fingerprint density at radius 3 is 3.18 bits per heavy atom. The Morgan fingerprint density at radius 2 is 2.41 bits per heavy atom. The van der Waals surface area contributed by atoms with Crippen molar-refractivity contribution in [2.24, 2.45) is 0 Å². The van der Waals surface area contributed by atoms with E-state index in [2.05, 4.69) is 4.98 Å². The first-order valence-corrected chi connectivity index (χ1v) is 7.68. The topological polar surface area (TPSA) is 51.7 Å². The molecule has 0 saturated heterocycles. The smallest absolute Gasteiger partial charge is 0.270 e. The second-order valence-corrected chi connectivity index (χ2v) is 5.85. The van der Waals surface area contributed by atoms with Gasteiger partial charge in [-0.25, -0.2) is 9.37 Å². The van der Waals surface area contributed by atoms with Gasteiger partial charge in [-0.1, -0.05) is 6.07 Å². The summed E-state index contributed by atoms with van der Waals surface area (Å²) in [6.45, 7) is 2.43. The van der Waals surface area contributed by atoms with Gasteiger partial charge < -0.3 is 14.4 Å². The fraction of sp³-hybridized carbons (Fsp3) is 0.333. The number of carbonyl (C=O) groups excluding carboxylic acids is 1. The number of rotatable bonds is 3. The van der Waals surface area contributed by atoms with Crippen LogP contribution in [-0.2, 0) is 11.3 Å². The maximum atomic E-state index is 13.9. The van der Waals surface area contributed by atoms with Crippen LogP contribution in [0, 0.1) is 5.82 Å². The first-order valence-electron chi connectivity index (χ1n) is 6.80. The number of ether oxygens (including phenoxy) is 2. The van der Waals surface area contributed by atoms with Crippen LogP contribution < -0.4 is 9.64 Å². The molecule has 3 rings (SSSR count). The summed E-state index contributed by atoms with van der Waals surface area (Å²) in [6.07, 6.45) is -0.285. The number of hydrogen-bond acceptors (Lipinski definition) is 5. The van der Waals surface area contributed by atoms with Crippen LogP contribution in [0.5, 0.6) is 5.75 Å². The Bertz CT molecular complexity index is 704. The van der Waals surface area contributed by atoms with E-state index in [0.29, 0.717) is 22.8 Å². The highest BCUT2D eigenvalue weighted by atomic mass is 32.1. The Kier molecular flexibility index (Phi) is 4.08. The minimum absolute atomic E-state index is 0.118. The molecule has 1 unspecified atom stereocenters. The Hall–Kier alpha value is -1.99. The van der Waals surface area contributed by atoms with Gasteiger partial charge in [-0.15, -0.1) is 11.3 Å². The molecule has 2 aromatic rings. The zero-order valence-electron chi connectivity index (χ0n) is 12.2. The predicted octanol–water partition coefficient (Wildman–Crippen LogP) is 2.86. The third kappa shape index (κ3) is 2.57. The zero-order valence-corrected chi connectivity index (χ0v) is 13.0. The number of aromatic nitrogens is 1. The van der Waals surface area contributed by atoms with E-state index in [-0.39, 0.29) is 24.4 Å². The summed E-state index contributed by atoms with van der Waals surface area (Å²) in [4.78, 5) is 19.0. The minimum atomic E-state index is -0.469. The number of thiazole rings is 1. The van der Waals surface area contributed by atoms with Crippen molar-refractivity contribution in [1.82, 2.24) is 4.98 Å². The lowest BCUT2D eigenvalue weighted by atomic mass is 10.1. The number of nitrogens with zero attached hydrogens (tertiary/aromatic N) is 2. The van der Waals surface area contributed by atoms with Gasteiger partial charge in [0.05, 0.1) is 30.0 Å². The average Bonchev–Trinajstić information content (AvgIpc) is 2.95. The lowest BCUT2D eigenvalue weighted by Crippen LogP contribution is -2.42. The third-order valence-electron chi connectivity index (χ3n) is 3.36. The second kappa shape index (κ2) is 6.02. The average molecular weight is 322 g/mol. The standard InChI is InChI=1S/C15H15FN2O3S/c1-9-6-18(12-5-3-4-10(16)13(12)21-9)15(19)14-11(7-20-2)17-8-22-14/h3-5,8-9H,6-7H2,1-2H3. The SMILES string of the molecule is COCc1ncsc1C(=O)N1CC(C)Oc2c(F)cccc21. The van der Waals surface area contributed by atoms with Crippen LogP contribution >= 0.6 is 11.3 Å². The molecule has 1 aliphatic rings. The van der Waals surface area contributed by atoms with E-state index < -0.39 is 5.82 Å². The van der Waals surface area contributed by atoms with Crippen molar-refractivity contribution >= 4 is 22.9 Å². The Morgan fingerprint density at radius 1 is 1.59 bits per heavy atom. The van der Waals surface area contributed by atoms with Gasteiger partial charge in [-0.3, -0.25) is 4.79 Å². The molecule has 0 N–H and O–H groups in total. The molecule has 7 heteroatoms. The van der Waals surface area contributed by atoms with E-state index in [9.17, 15) is 9.18 Å². The summed E-state index contributed by atoms with van der Waals surface area (Å²) in [6, 6.07) is 4.57. The molecule has 22 heavy (non-hydrogen) atoms. The molecule has 0 fully saturated rings. The highest BCUT2D eigenvalue weighted by Crippen LogP contribution is 2.37. The van der Waals surface area contributed by atoms with E-state index in [1.165, 1.54) is 17.4 Å². The largest absolute Gasteiger partial charge is 0.484 e. The number of para-hydroxylation sites is 1. The van der Waals surface area contributed by atoms with Crippen molar-refractivity contribution in [1.29, 1.82) is 0 Å². The van der Waals surface area contributed by atoms with Crippen molar-refractivity contribution in [3.05, 3.63) is 40.1 Å². The summed E-state index contributed by atoms with van der Waals surface area (Å²) in [5.41, 5.74) is 2.65. The predicted molar refractivity (Wildman–Crippen MR) is 81.0 cm³/mol. The summed E-state index contributed by atoms with van der Waals surface area (Å²) in [7, 11) is 1.55. The van der Waals surface area contributed by atoms with Crippen LogP contribution in [0.15, 0.2) is 23.7 Å². The number of benzene rings is 1. The maximum Gasteiger partial charge on any atom is 0.270 e. The third-order valence-corrected chi connectivity index (χ3v) is 4.21. The van der Waals surface area contributed by atoms with Crippen LogP contribution in [0.2, 0.25) is 0 Å². The van der Waals surface area contributed by atoms with E-state index in [1.54, 1.807) is 36.6 Å². The van der Waals surface area contributed by atoms with E-state index in [1.807, 2.05) is 0 Å². The van der Waals surface area contributed by atoms with Crippen LogP contribution in [-0.4, -0.2) is 30.6 Å². The van der Waals surface area contributed by atoms with Crippen LogP contribution in [0.3, 0.4) is 0 Å². The summed E-state index contributed by atoms with van der Waals surface area (Å²) in [5, 5.41) is 0. The van der Waals surface area contributed by atoms with Crippen molar-refractivity contribution < 1.29 is 18.7 Å². The summed E-state index contributed by atoms with van der Waals surface area (Å²) < 4.78 is 24.5. The fourth-order valence-electron chi connectivity index (χ4n) is 2.42. The molecule has 0 spiro atoms. The number of carbonyl (C=O) groups is 1. The molecule has 0 aliphatic carbocycles. The quantitative estimate of drug-likeness (QED) is 0.872. The van der Waals surface area contributed by atoms with Crippen LogP contribution in [0.25, 0.3) is 0 Å². The molecular weight excluding hydrogens is 307 g/mol. The molecule has 1 amide bonds. The molecule has 0 bridgehead atoms. The normalized spacial score (nSPS) is 17.0. The number of hydrogen-bond donors (Lipinski definition) is 0. The molecule has 1 aliphatic heterocycles. The first-order chi connectivity index (χ1) is 10.6. The Balaban J connectivity index is 2.00. The monoisotopic (exact) mass is 322 g/mol. The number of amides is 1. The maximum absolute atomic E-state index is 13.9. The molecule has 1 atom stereocenters. The lowest BCUT2D eigenvalue weighted by molar-refractivity contribution is 0.0958. The van der Waals surface area contributed by atoms with Gasteiger partial charge in [0.1, 0.15) is 11.0 Å². The van der Waals surface area contributed by atoms with Gasteiger partial charge in [0.15, 0.2) is 11.6 Å². The summed E-state index contributed by atoms with van der Waals surface area (Å²) >= 11 is 1.25. The highest BCUT2D eigenvalue weighted by molar-refractivity contribution is 7.12. The lowest BCUT2D eigenvalue weighted by Gasteiger charge is -2.33. The molecule has 1 aromatic heterocycles. The van der Waals surface area contributed by atoms with Gasteiger partial charge in [-0.05, 0) is 19.1 Å². The number of anilines is 1. The van der Waals surface area contributed by atoms with E-state index in [4.69, 9.17) is 9.47 Å². The first kappa shape index (κ1) is 14.9. The van der Waals surface area contributed by atoms with Gasteiger partial charge in [0.2, 0.25) is 0 Å². The zero-order chi connectivity index (χ0) is 15.7. The number of halogens is 1. The van der Waals surface area contributed by atoms with Crippen LogP contribution in [0.4, 0.5) is 10.1 Å². The van der Waals surface area contributed by atoms with Gasteiger partial charge >= 0.3 is 0 Å². The molecule has 116 valence electrons. The van der Waals surface area contributed by atoms with Crippen molar-refractivity contribution in [2.75, 3.05) is 18.6 Å². The minimum Gasteiger partial charge on any atom is -0.484 e. The second-order valence-electron chi connectivity index (χ2n) is 4.99. The Labute approximate surface area is 131 Å². The molecule has 1 aromatic carbocycles. The molecule has 0 radical (unpaired) electrons. The highest BCUT2D eigenvalue weighted by Gasteiger charge is 2.32. The molecule has 5 nitrogen and oxygen atoms in total. The van der Waals surface area contributed by atoms with E-state index in [0.717, 1.165) is 0 Å². The van der Waals surface area contributed by atoms with Crippen molar-refractivity contribution in [2.45, 2.75) is 19.6 Å². The molecular formula is C15H15FN2O3S.